The molecule has 2 N–H and O–H groups in total. The van der Waals surface area contributed by atoms with Gasteiger partial charge in [0.15, 0.2) is 0 Å². The smallest absolute Gasteiger partial charge is 0.257 e. The Balaban J connectivity index is 1.20. The standard InChI is InChI=1S/C26H38N4O2S/c1-3-29-12-14-30(15-13-29)11-5-10-27-25(31)21-8-9-23-22(18-21)28-26(32)24(33-23)17-20-7-4-6-19(2)16-20/h4,6-7,16-17,21-23H,3,5,8-15,18H2,1-2H3,(H,27,31)(H,28,32)/b24-17+. The molecule has 1 aliphatic carbocycles. The summed E-state index contributed by atoms with van der Waals surface area (Å²) in [5, 5.41) is 6.70. The number of fused-ring (bicyclic) bond motifs is 1. The van der Waals surface area contributed by atoms with Crippen molar-refractivity contribution >= 4 is 29.7 Å². The SMILES string of the molecule is CCN1CCN(CCCNC(=O)C2CCC3S/C(=C/c4cccc(C)c4)C(=O)NC3C2)CC1. The van der Waals surface area contributed by atoms with Crippen LogP contribution in [0.4, 0.5) is 0 Å². The number of piperazine rings is 1. The van der Waals surface area contributed by atoms with Crippen molar-refractivity contribution in [3.8, 4) is 0 Å². The maximum Gasteiger partial charge on any atom is 0.257 e. The molecule has 3 fully saturated rings. The van der Waals surface area contributed by atoms with E-state index in [9.17, 15) is 9.59 Å². The zero-order valence-corrected chi connectivity index (χ0v) is 20.8. The van der Waals surface area contributed by atoms with Gasteiger partial charge in [-0.3, -0.25) is 9.59 Å². The van der Waals surface area contributed by atoms with Crippen molar-refractivity contribution in [3.63, 3.8) is 0 Å². The molecular formula is C26H38N4O2S. The highest BCUT2D eigenvalue weighted by Crippen LogP contribution is 2.40. The largest absolute Gasteiger partial charge is 0.356 e. The molecule has 7 heteroatoms. The first-order chi connectivity index (χ1) is 16.0. The number of thioether (sulfide) groups is 1. The van der Waals surface area contributed by atoms with Gasteiger partial charge in [0.2, 0.25) is 5.91 Å². The van der Waals surface area contributed by atoms with Crippen molar-refractivity contribution in [1.82, 2.24) is 20.4 Å². The molecule has 6 nitrogen and oxygen atoms in total. The lowest BCUT2D eigenvalue weighted by Crippen LogP contribution is -2.51. The van der Waals surface area contributed by atoms with Crippen molar-refractivity contribution in [2.24, 2.45) is 5.92 Å². The van der Waals surface area contributed by atoms with E-state index >= 15 is 0 Å². The third-order valence-corrected chi connectivity index (χ3v) is 8.60. The third kappa shape index (κ3) is 6.61. The number of hydrogen-bond acceptors (Lipinski definition) is 5. The molecule has 0 radical (unpaired) electrons. The van der Waals surface area contributed by atoms with Gasteiger partial charge in [-0.05, 0) is 57.3 Å². The summed E-state index contributed by atoms with van der Waals surface area (Å²) in [6, 6.07) is 8.29. The van der Waals surface area contributed by atoms with Gasteiger partial charge < -0.3 is 20.4 Å². The Morgan fingerprint density at radius 2 is 2.00 bits per heavy atom. The summed E-state index contributed by atoms with van der Waals surface area (Å²) >= 11 is 1.69. The van der Waals surface area contributed by atoms with E-state index in [-0.39, 0.29) is 23.8 Å². The Kier molecular flexibility index (Phi) is 8.50. The van der Waals surface area contributed by atoms with E-state index in [4.69, 9.17) is 0 Å². The van der Waals surface area contributed by atoms with E-state index in [2.05, 4.69) is 46.4 Å². The summed E-state index contributed by atoms with van der Waals surface area (Å²) < 4.78 is 0. The van der Waals surface area contributed by atoms with Gasteiger partial charge in [0, 0.05) is 49.9 Å². The van der Waals surface area contributed by atoms with Crippen LogP contribution in [-0.2, 0) is 9.59 Å². The monoisotopic (exact) mass is 470 g/mol. The molecule has 4 rings (SSSR count). The minimum atomic E-state index is -0.00742. The Labute approximate surface area is 202 Å². The molecule has 3 unspecified atom stereocenters. The van der Waals surface area contributed by atoms with Gasteiger partial charge >= 0.3 is 0 Å². The maximum absolute atomic E-state index is 12.8. The number of rotatable bonds is 7. The predicted molar refractivity (Wildman–Crippen MR) is 136 cm³/mol. The van der Waals surface area contributed by atoms with Gasteiger partial charge in [-0.15, -0.1) is 11.8 Å². The van der Waals surface area contributed by atoms with Crippen LogP contribution in [0, 0.1) is 12.8 Å². The van der Waals surface area contributed by atoms with Crippen LogP contribution in [0.5, 0.6) is 0 Å². The number of amides is 2. The maximum atomic E-state index is 12.8. The second kappa shape index (κ2) is 11.5. The van der Waals surface area contributed by atoms with Crippen LogP contribution in [0.3, 0.4) is 0 Å². The fraction of sp³-hybridized carbons (Fsp3) is 0.615. The van der Waals surface area contributed by atoms with Crippen LogP contribution in [0.1, 0.15) is 43.7 Å². The molecule has 2 heterocycles. The molecule has 3 atom stereocenters. The summed E-state index contributed by atoms with van der Waals surface area (Å²) in [4.78, 5) is 31.2. The first kappa shape index (κ1) is 24.3. The average Bonchev–Trinajstić information content (AvgIpc) is 2.82. The Morgan fingerprint density at radius 1 is 1.21 bits per heavy atom. The van der Waals surface area contributed by atoms with Crippen molar-refractivity contribution in [2.45, 2.75) is 50.8 Å². The lowest BCUT2D eigenvalue weighted by molar-refractivity contribution is -0.127. The van der Waals surface area contributed by atoms with Crippen molar-refractivity contribution in [1.29, 1.82) is 0 Å². The normalized spacial score (nSPS) is 27.8. The second-order valence-electron chi connectivity index (χ2n) is 9.59. The molecule has 2 aliphatic heterocycles. The van der Waals surface area contributed by atoms with E-state index in [1.807, 2.05) is 18.2 Å². The van der Waals surface area contributed by atoms with Crippen LogP contribution >= 0.6 is 11.8 Å². The Hall–Kier alpha value is -1.83. The third-order valence-electron chi connectivity index (χ3n) is 7.18. The van der Waals surface area contributed by atoms with Gasteiger partial charge in [0.05, 0.1) is 4.91 Å². The first-order valence-corrected chi connectivity index (χ1v) is 13.4. The summed E-state index contributed by atoms with van der Waals surface area (Å²) in [6.07, 6.45) is 5.58. The Bertz CT molecular complexity index is 866. The second-order valence-corrected chi connectivity index (χ2v) is 10.9. The van der Waals surface area contributed by atoms with E-state index in [1.165, 1.54) is 5.56 Å². The summed E-state index contributed by atoms with van der Waals surface area (Å²) in [6.45, 7) is 11.8. The predicted octanol–water partition coefficient (Wildman–Crippen LogP) is 2.88. The molecule has 3 aliphatic rings. The van der Waals surface area contributed by atoms with Gasteiger partial charge in [0.25, 0.3) is 5.91 Å². The van der Waals surface area contributed by atoms with E-state index in [1.54, 1.807) is 11.8 Å². The highest BCUT2D eigenvalue weighted by Gasteiger charge is 2.39. The molecular weight excluding hydrogens is 432 g/mol. The van der Waals surface area contributed by atoms with Crippen molar-refractivity contribution in [3.05, 3.63) is 40.3 Å². The molecule has 1 aromatic rings. The van der Waals surface area contributed by atoms with E-state index in [0.717, 1.165) is 82.0 Å². The molecule has 0 spiro atoms. The number of nitrogens with zero attached hydrogens (tertiary/aromatic N) is 2. The van der Waals surface area contributed by atoms with Crippen LogP contribution in [0.2, 0.25) is 0 Å². The summed E-state index contributed by atoms with van der Waals surface area (Å²) in [5.74, 6) is 0.152. The highest BCUT2D eigenvalue weighted by molar-refractivity contribution is 8.04. The number of aryl methyl sites for hydroxylation is 1. The lowest BCUT2D eigenvalue weighted by Gasteiger charge is -2.39. The molecule has 180 valence electrons. The van der Waals surface area contributed by atoms with Gasteiger partial charge in [-0.25, -0.2) is 0 Å². The number of carbonyl (C=O) groups excluding carboxylic acids is 2. The van der Waals surface area contributed by atoms with Gasteiger partial charge in [-0.2, -0.15) is 0 Å². The number of carbonyl (C=O) groups is 2. The van der Waals surface area contributed by atoms with Crippen LogP contribution in [0.25, 0.3) is 6.08 Å². The van der Waals surface area contributed by atoms with Crippen LogP contribution < -0.4 is 10.6 Å². The Morgan fingerprint density at radius 3 is 2.76 bits per heavy atom. The molecule has 2 amide bonds. The fourth-order valence-electron chi connectivity index (χ4n) is 5.13. The minimum Gasteiger partial charge on any atom is -0.356 e. The van der Waals surface area contributed by atoms with Gasteiger partial charge in [-0.1, -0.05) is 36.8 Å². The van der Waals surface area contributed by atoms with E-state index < -0.39 is 0 Å². The number of hydrogen-bond donors (Lipinski definition) is 2. The topological polar surface area (TPSA) is 64.7 Å². The fourth-order valence-corrected chi connectivity index (χ4v) is 6.42. The molecule has 2 saturated heterocycles. The molecule has 0 bridgehead atoms. The van der Waals surface area contributed by atoms with Gasteiger partial charge in [0.1, 0.15) is 0 Å². The molecule has 0 aromatic heterocycles. The van der Waals surface area contributed by atoms with Crippen LogP contribution in [0.15, 0.2) is 29.2 Å². The van der Waals surface area contributed by atoms with Crippen molar-refractivity contribution in [2.75, 3.05) is 45.8 Å². The van der Waals surface area contributed by atoms with E-state index in [0.29, 0.717) is 5.25 Å². The number of likely N-dealkylation sites (N-methyl/N-ethyl adjacent to an activating group) is 1. The number of benzene rings is 1. The summed E-state index contributed by atoms with van der Waals surface area (Å²) in [7, 11) is 0. The lowest BCUT2D eigenvalue weighted by atomic mass is 9.84. The summed E-state index contributed by atoms with van der Waals surface area (Å²) in [5.41, 5.74) is 2.25. The average molecular weight is 471 g/mol. The van der Waals surface area contributed by atoms with Crippen molar-refractivity contribution < 1.29 is 9.59 Å². The molecule has 33 heavy (non-hydrogen) atoms. The minimum absolute atomic E-state index is 0.00236. The van der Waals surface area contributed by atoms with Crippen LogP contribution in [-0.4, -0.2) is 78.7 Å². The molecule has 1 saturated carbocycles. The quantitative estimate of drug-likeness (QED) is 0.474. The first-order valence-electron chi connectivity index (χ1n) is 12.5. The zero-order valence-electron chi connectivity index (χ0n) is 20.0. The number of nitrogens with one attached hydrogen (secondary N) is 2. The molecule has 1 aromatic carbocycles. The zero-order chi connectivity index (χ0) is 23.2. The highest BCUT2D eigenvalue weighted by atomic mass is 32.2.